The minimum Gasteiger partial charge on any atom is -0.324 e. The highest BCUT2D eigenvalue weighted by atomic mass is 16.1. The lowest BCUT2D eigenvalue weighted by Crippen LogP contribution is -2.15. The van der Waals surface area contributed by atoms with E-state index < -0.39 is 0 Å². The normalized spacial score (nSPS) is 10.1. The van der Waals surface area contributed by atoms with Crippen molar-refractivity contribution in [2.75, 3.05) is 10.7 Å². The molecule has 1 aromatic heterocycles. The van der Waals surface area contributed by atoms with Crippen LogP contribution in [-0.4, -0.2) is 10.9 Å². The van der Waals surface area contributed by atoms with Crippen LogP contribution in [-0.2, 0) is 0 Å². The number of benzene rings is 1. The molecule has 0 aliphatic rings. The van der Waals surface area contributed by atoms with Crippen molar-refractivity contribution in [3.8, 4) is 0 Å². The van der Waals surface area contributed by atoms with E-state index in [4.69, 9.17) is 5.84 Å². The van der Waals surface area contributed by atoms with Gasteiger partial charge in [0.05, 0.1) is 0 Å². The van der Waals surface area contributed by atoms with Crippen molar-refractivity contribution in [1.82, 2.24) is 4.98 Å². The topological polar surface area (TPSA) is 80.0 Å². The number of pyridine rings is 1. The van der Waals surface area contributed by atoms with Crippen LogP contribution in [0.5, 0.6) is 0 Å². The number of hydrogen-bond acceptors (Lipinski definition) is 4. The Morgan fingerprint density at radius 2 is 2.00 bits per heavy atom. The van der Waals surface area contributed by atoms with E-state index in [2.05, 4.69) is 15.7 Å². The summed E-state index contributed by atoms with van der Waals surface area (Å²) in [5.41, 5.74) is 5.81. The van der Waals surface area contributed by atoms with E-state index in [1.165, 1.54) is 0 Å². The highest BCUT2D eigenvalue weighted by Gasteiger charge is 2.10. The molecule has 4 N–H and O–H groups in total. The van der Waals surface area contributed by atoms with Gasteiger partial charge in [-0.15, -0.1) is 0 Å². The summed E-state index contributed by atoms with van der Waals surface area (Å²) in [5.74, 6) is 5.69. The minimum absolute atomic E-state index is 0.181. The molecule has 1 amide bonds. The number of aryl methyl sites for hydroxylation is 2. The zero-order chi connectivity index (χ0) is 13.8. The number of nitrogen functional groups attached to an aromatic ring is 1. The zero-order valence-electron chi connectivity index (χ0n) is 10.9. The summed E-state index contributed by atoms with van der Waals surface area (Å²) in [6.45, 7) is 3.81. The number of nitrogens with two attached hydrogens (primary N) is 1. The molecule has 2 aromatic rings. The van der Waals surface area contributed by atoms with E-state index in [9.17, 15) is 4.79 Å². The number of nitrogens with zero attached hydrogens (tertiary/aromatic N) is 1. The maximum absolute atomic E-state index is 12.1. The second-order valence-corrected chi connectivity index (χ2v) is 4.35. The fourth-order valence-electron chi connectivity index (χ4n) is 1.80. The van der Waals surface area contributed by atoms with Crippen molar-refractivity contribution in [3.05, 3.63) is 53.2 Å². The molecule has 0 aliphatic heterocycles. The van der Waals surface area contributed by atoms with Crippen LogP contribution in [0.25, 0.3) is 0 Å². The summed E-state index contributed by atoms with van der Waals surface area (Å²) in [4.78, 5) is 16.2. The monoisotopic (exact) mass is 256 g/mol. The number of anilines is 2. The third kappa shape index (κ3) is 3.08. The number of nitrogens with one attached hydrogen (secondary N) is 2. The van der Waals surface area contributed by atoms with Crippen LogP contribution < -0.4 is 16.6 Å². The summed E-state index contributed by atoms with van der Waals surface area (Å²) >= 11 is 0. The van der Waals surface area contributed by atoms with Crippen molar-refractivity contribution in [1.29, 1.82) is 0 Å². The van der Waals surface area contributed by atoms with Crippen LogP contribution in [0, 0.1) is 13.8 Å². The molecule has 0 spiro atoms. The average Bonchev–Trinajstić information content (AvgIpc) is 2.38. The Labute approximate surface area is 111 Å². The van der Waals surface area contributed by atoms with E-state index >= 15 is 0 Å². The highest BCUT2D eigenvalue weighted by molar-refractivity contribution is 6.05. The molecule has 5 heteroatoms. The fourth-order valence-corrected chi connectivity index (χ4v) is 1.80. The summed E-state index contributed by atoms with van der Waals surface area (Å²) in [5, 5.41) is 2.78. The Hall–Kier alpha value is -2.40. The number of carbonyl (C=O) groups excluding carboxylic acids is 1. The molecular weight excluding hydrogens is 240 g/mol. The van der Waals surface area contributed by atoms with E-state index in [-0.39, 0.29) is 5.91 Å². The van der Waals surface area contributed by atoms with Crippen LogP contribution in [0.1, 0.15) is 21.5 Å². The standard InChI is InChI=1S/C14H16N4O/c1-9-5-6-16-13(7-9)17-14(19)12-4-3-11(18-15)8-10(12)2/h3-8,18H,15H2,1-2H3,(H,16,17,19). The SMILES string of the molecule is Cc1ccnc(NC(=O)c2ccc(NN)cc2C)c1. The van der Waals surface area contributed by atoms with E-state index in [0.29, 0.717) is 11.4 Å². The third-order valence-electron chi connectivity index (χ3n) is 2.79. The molecule has 0 saturated carbocycles. The molecule has 0 bridgehead atoms. The van der Waals surface area contributed by atoms with E-state index in [1.807, 2.05) is 32.0 Å². The van der Waals surface area contributed by atoms with Crippen molar-refractivity contribution < 1.29 is 4.79 Å². The molecule has 1 aromatic carbocycles. The fraction of sp³-hybridized carbons (Fsp3) is 0.143. The zero-order valence-corrected chi connectivity index (χ0v) is 10.9. The molecule has 5 nitrogen and oxygen atoms in total. The molecule has 1 heterocycles. The summed E-state index contributed by atoms with van der Waals surface area (Å²) in [7, 11) is 0. The molecule has 0 saturated heterocycles. The van der Waals surface area contributed by atoms with Gasteiger partial charge in [-0.25, -0.2) is 4.98 Å². The molecule has 0 unspecified atom stereocenters. The van der Waals surface area contributed by atoms with E-state index in [0.717, 1.165) is 16.8 Å². The van der Waals surface area contributed by atoms with Gasteiger partial charge in [0.15, 0.2) is 0 Å². The van der Waals surface area contributed by atoms with Gasteiger partial charge >= 0.3 is 0 Å². The predicted octanol–water partition coefficient (Wildman–Crippen LogP) is 2.24. The van der Waals surface area contributed by atoms with Crippen molar-refractivity contribution in [2.24, 2.45) is 5.84 Å². The van der Waals surface area contributed by atoms with Crippen LogP contribution in [0.2, 0.25) is 0 Å². The largest absolute Gasteiger partial charge is 0.324 e. The molecule has 98 valence electrons. The predicted molar refractivity (Wildman–Crippen MR) is 75.9 cm³/mol. The summed E-state index contributed by atoms with van der Waals surface area (Å²) in [6, 6.07) is 9.01. The van der Waals surface area contributed by atoms with Gasteiger partial charge in [-0.1, -0.05) is 0 Å². The second-order valence-electron chi connectivity index (χ2n) is 4.35. The van der Waals surface area contributed by atoms with Gasteiger partial charge < -0.3 is 10.7 Å². The number of amides is 1. The molecule has 19 heavy (non-hydrogen) atoms. The number of hydrazine groups is 1. The lowest BCUT2D eigenvalue weighted by atomic mass is 10.1. The number of aromatic nitrogens is 1. The van der Waals surface area contributed by atoms with Gasteiger partial charge in [0, 0.05) is 17.4 Å². The van der Waals surface area contributed by atoms with Crippen molar-refractivity contribution >= 4 is 17.4 Å². The van der Waals surface area contributed by atoms with Crippen LogP contribution in [0.15, 0.2) is 36.5 Å². The summed E-state index contributed by atoms with van der Waals surface area (Å²) < 4.78 is 0. The first kappa shape index (κ1) is 13.0. The molecule has 0 fully saturated rings. The van der Waals surface area contributed by atoms with Gasteiger partial charge in [-0.05, 0) is 55.3 Å². The highest BCUT2D eigenvalue weighted by Crippen LogP contribution is 2.16. The Morgan fingerprint density at radius 1 is 1.21 bits per heavy atom. The molecule has 0 radical (unpaired) electrons. The second kappa shape index (κ2) is 5.49. The first-order valence-electron chi connectivity index (χ1n) is 5.91. The van der Waals surface area contributed by atoms with Gasteiger partial charge in [0.25, 0.3) is 5.91 Å². The van der Waals surface area contributed by atoms with Gasteiger partial charge in [-0.3, -0.25) is 10.6 Å². The van der Waals surface area contributed by atoms with Crippen molar-refractivity contribution in [3.63, 3.8) is 0 Å². The first-order chi connectivity index (χ1) is 9.10. The van der Waals surface area contributed by atoms with Gasteiger partial charge in [-0.2, -0.15) is 0 Å². The van der Waals surface area contributed by atoms with Gasteiger partial charge in [0.1, 0.15) is 5.82 Å². The average molecular weight is 256 g/mol. The first-order valence-corrected chi connectivity index (χ1v) is 5.91. The van der Waals surface area contributed by atoms with Crippen LogP contribution in [0.4, 0.5) is 11.5 Å². The molecular formula is C14H16N4O. The Kier molecular flexibility index (Phi) is 3.77. The van der Waals surface area contributed by atoms with E-state index in [1.54, 1.807) is 18.3 Å². The Morgan fingerprint density at radius 3 is 2.63 bits per heavy atom. The minimum atomic E-state index is -0.181. The molecule has 0 atom stereocenters. The van der Waals surface area contributed by atoms with Crippen molar-refractivity contribution in [2.45, 2.75) is 13.8 Å². The quantitative estimate of drug-likeness (QED) is 0.581. The number of hydrogen-bond donors (Lipinski definition) is 3. The maximum Gasteiger partial charge on any atom is 0.257 e. The Bertz CT molecular complexity index is 610. The Balaban J connectivity index is 2.20. The smallest absolute Gasteiger partial charge is 0.257 e. The lowest BCUT2D eigenvalue weighted by Gasteiger charge is -2.09. The third-order valence-corrected chi connectivity index (χ3v) is 2.79. The lowest BCUT2D eigenvalue weighted by molar-refractivity contribution is 0.102. The molecule has 2 rings (SSSR count). The number of rotatable bonds is 3. The molecule has 0 aliphatic carbocycles. The summed E-state index contributed by atoms with van der Waals surface area (Å²) in [6.07, 6.45) is 1.67. The van der Waals surface area contributed by atoms with Crippen LogP contribution >= 0.6 is 0 Å². The van der Waals surface area contributed by atoms with Gasteiger partial charge in [0.2, 0.25) is 0 Å². The maximum atomic E-state index is 12.1. The van der Waals surface area contributed by atoms with Crippen LogP contribution in [0.3, 0.4) is 0 Å². The number of carbonyl (C=O) groups is 1.